The summed E-state index contributed by atoms with van der Waals surface area (Å²) in [5.74, 6) is -4.67. The first-order chi connectivity index (χ1) is 16.7. The molecule has 1 aliphatic heterocycles. The summed E-state index contributed by atoms with van der Waals surface area (Å²) >= 11 is 0. The summed E-state index contributed by atoms with van der Waals surface area (Å²) < 4.78 is 21.7. The topological polar surface area (TPSA) is 152 Å². The van der Waals surface area contributed by atoms with E-state index in [4.69, 9.17) is 18.9 Å². The smallest absolute Gasteiger partial charge is 0.274 e. The fourth-order valence-corrected chi connectivity index (χ4v) is 3.80. The van der Waals surface area contributed by atoms with E-state index in [2.05, 4.69) is 0 Å². The van der Waals surface area contributed by atoms with Crippen LogP contribution in [0.4, 0.5) is 0 Å². The van der Waals surface area contributed by atoms with E-state index in [1.54, 1.807) is 6.07 Å². The number of carbonyl (C=O) groups is 2. The Morgan fingerprint density at radius 1 is 0.943 bits per heavy atom. The van der Waals surface area contributed by atoms with Crippen LogP contribution < -0.4 is 14.2 Å². The number of methoxy groups -OCH3 is 2. The molecule has 0 spiro atoms. The highest BCUT2D eigenvalue weighted by atomic mass is 16.7. The number of aromatic hydroxyl groups is 3. The van der Waals surface area contributed by atoms with Crippen LogP contribution in [0.15, 0.2) is 54.6 Å². The monoisotopic (exact) mass is 482 g/mol. The second-order valence-corrected chi connectivity index (χ2v) is 7.76. The molecule has 0 amide bonds. The molecule has 4 rings (SSSR count). The number of ketones is 2. The molecule has 0 fully saturated rings. The number of phenolic OH excluding ortho intramolecular Hbond substituents is 3. The summed E-state index contributed by atoms with van der Waals surface area (Å²) in [5.41, 5.74) is -0.0208. The third kappa shape index (κ3) is 4.44. The molecule has 0 saturated heterocycles. The molecule has 35 heavy (non-hydrogen) atoms. The summed E-state index contributed by atoms with van der Waals surface area (Å²) in [5, 5.41) is 41.1. The van der Waals surface area contributed by atoms with E-state index in [1.165, 1.54) is 44.6 Å². The molecule has 1 heterocycles. The number of benzene rings is 3. The second-order valence-electron chi connectivity index (χ2n) is 7.76. The number of Topliss-reactive ketones (excluding diaryl/α,β-unsaturated/α-hetero) is 2. The zero-order valence-corrected chi connectivity index (χ0v) is 18.7. The van der Waals surface area contributed by atoms with Gasteiger partial charge in [0.05, 0.1) is 25.3 Å². The van der Waals surface area contributed by atoms with Crippen LogP contribution in [-0.4, -0.2) is 58.6 Å². The molecule has 2 unspecified atom stereocenters. The standard InChI is InChI=1S/C25H22O10/c1-32-17-4-6-21(33-2)19(11-17)20(29)12-34-25(31)23(30)18-5-3-14(26)10-22(18)35-24(25)13-7-15(27)9-16(28)8-13/h3-11,24,26-28,31H,12H2,1-2H3. The Hall–Kier alpha value is -4.28. The van der Waals surface area contributed by atoms with E-state index in [1.807, 2.05) is 0 Å². The molecule has 10 heteroatoms. The number of hydrogen-bond acceptors (Lipinski definition) is 10. The van der Waals surface area contributed by atoms with Crippen molar-refractivity contribution < 1.29 is 49.0 Å². The number of fused-ring (bicyclic) bond motifs is 1. The first kappa shape index (κ1) is 23.9. The lowest BCUT2D eigenvalue weighted by molar-refractivity contribution is -0.214. The first-order valence-electron chi connectivity index (χ1n) is 10.3. The third-order valence-corrected chi connectivity index (χ3v) is 5.49. The van der Waals surface area contributed by atoms with Gasteiger partial charge in [0.25, 0.3) is 5.79 Å². The predicted molar refractivity (Wildman–Crippen MR) is 120 cm³/mol. The summed E-state index contributed by atoms with van der Waals surface area (Å²) in [6, 6.07) is 11.6. The molecule has 0 radical (unpaired) electrons. The van der Waals surface area contributed by atoms with Crippen LogP contribution in [0.5, 0.6) is 34.5 Å². The molecular weight excluding hydrogens is 460 g/mol. The van der Waals surface area contributed by atoms with Gasteiger partial charge in [-0.3, -0.25) is 9.59 Å². The molecule has 1 aliphatic rings. The van der Waals surface area contributed by atoms with Gasteiger partial charge in [0.15, 0.2) is 11.9 Å². The van der Waals surface area contributed by atoms with Crippen LogP contribution in [-0.2, 0) is 4.74 Å². The first-order valence-corrected chi connectivity index (χ1v) is 10.3. The molecule has 10 nitrogen and oxygen atoms in total. The van der Waals surface area contributed by atoms with Gasteiger partial charge in [-0.05, 0) is 42.5 Å². The number of ether oxygens (including phenoxy) is 4. The van der Waals surface area contributed by atoms with Crippen molar-refractivity contribution >= 4 is 11.6 Å². The Bertz CT molecular complexity index is 1280. The predicted octanol–water partition coefficient (Wildman–Crippen LogP) is 2.73. The van der Waals surface area contributed by atoms with Crippen LogP contribution in [0.25, 0.3) is 0 Å². The molecule has 3 aromatic rings. The Morgan fingerprint density at radius 3 is 2.31 bits per heavy atom. The Kier molecular flexibility index (Phi) is 6.25. The van der Waals surface area contributed by atoms with Gasteiger partial charge in [-0.15, -0.1) is 0 Å². The van der Waals surface area contributed by atoms with E-state index in [0.29, 0.717) is 5.75 Å². The van der Waals surface area contributed by atoms with Crippen LogP contribution >= 0.6 is 0 Å². The van der Waals surface area contributed by atoms with Crippen molar-refractivity contribution in [3.8, 4) is 34.5 Å². The number of aliphatic hydroxyl groups is 1. The third-order valence-electron chi connectivity index (χ3n) is 5.49. The maximum absolute atomic E-state index is 13.4. The highest BCUT2D eigenvalue weighted by Gasteiger charge is 2.53. The summed E-state index contributed by atoms with van der Waals surface area (Å²) in [6.07, 6.45) is -1.61. The quantitative estimate of drug-likeness (QED) is 0.292. The van der Waals surface area contributed by atoms with Crippen LogP contribution in [0.2, 0.25) is 0 Å². The van der Waals surface area contributed by atoms with Gasteiger partial charge in [0, 0.05) is 17.7 Å². The molecule has 0 bridgehead atoms. The van der Waals surface area contributed by atoms with E-state index in [-0.39, 0.29) is 45.4 Å². The molecule has 0 aliphatic carbocycles. The van der Waals surface area contributed by atoms with Gasteiger partial charge in [0.2, 0.25) is 5.78 Å². The maximum Gasteiger partial charge on any atom is 0.274 e. The van der Waals surface area contributed by atoms with E-state index >= 15 is 0 Å². The minimum Gasteiger partial charge on any atom is -0.508 e. The van der Waals surface area contributed by atoms with Gasteiger partial charge >= 0.3 is 0 Å². The Labute approximate surface area is 199 Å². The largest absolute Gasteiger partial charge is 0.508 e. The van der Waals surface area contributed by atoms with Gasteiger partial charge in [0.1, 0.15) is 41.1 Å². The lowest BCUT2D eigenvalue weighted by atomic mass is 9.89. The van der Waals surface area contributed by atoms with Crippen molar-refractivity contribution in [2.75, 3.05) is 20.8 Å². The summed E-state index contributed by atoms with van der Waals surface area (Å²) in [6.45, 7) is -0.760. The van der Waals surface area contributed by atoms with E-state index in [9.17, 15) is 30.0 Å². The Morgan fingerprint density at radius 2 is 1.66 bits per heavy atom. The van der Waals surface area contributed by atoms with Crippen molar-refractivity contribution in [3.63, 3.8) is 0 Å². The van der Waals surface area contributed by atoms with E-state index < -0.39 is 30.1 Å². The molecule has 0 aromatic heterocycles. The molecule has 4 N–H and O–H groups in total. The lowest BCUT2D eigenvalue weighted by Crippen LogP contribution is -2.52. The SMILES string of the molecule is COc1ccc(OC)c(C(=O)COC2(O)C(=O)c3ccc(O)cc3OC2c2cc(O)cc(O)c2)c1. The average Bonchev–Trinajstić information content (AvgIpc) is 2.83. The van der Waals surface area contributed by atoms with Crippen LogP contribution in [0, 0.1) is 0 Å². The Balaban J connectivity index is 1.73. The highest BCUT2D eigenvalue weighted by molar-refractivity contribution is 6.06. The highest BCUT2D eigenvalue weighted by Crippen LogP contribution is 2.44. The van der Waals surface area contributed by atoms with Crippen LogP contribution in [0.3, 0.4) is 0 Å². The molecule has 0 saturated carbocycles. The van der Waals surface area contributed by atoms with Gasteiger partial charge in [-0.2, -0.15) is 0 Å². The van der Waals surface area contributed by atoms with E-state index in [0.717, 1.165) is 18.2 Å². The maximum atomic E-state index is 13.4. The number of carbonyl (C=O) groups excluding carboxylic acids is 2. The number of hydrogen-bond donors (Lipinski definition) is 4. The lowest BCUT2D eigenvalue weighted by Gasteiger charge is -2.38. The molecule has 2 atom stereocenters. The van der Waals surface area contributed by atoms with Crippen molar-refractivity contribution in [3.05, 3.63) is 71.3 Å². The minimum absolute atomic E-state index is 0.0150. The van der Waals surface area contributed by atoms with Crippen molar-refractivity contribution in [1.82, 2.24) is 0 Å². The normalized spacial score (nSPS) is 18.9. The van der Waals surface area contributed by atoms with Gasteiger partial charge < -0.3 is 39.4 Å². The van der Waals surface area contributed by atoms with Crippen LogP contribution in [0.1, 0.15) is 32.4 Å². The zero-order valence-electron chi connectivity index (χ0n) is 18.7. The number of rotatable bonds is 7. The molecule has 182 valence electrons. The number of phenols is 3. The summed E-state index contributed by atoms with van der Waals surface area (Å²) in [4.78, 5) is 26.3. The molecule has 3 aromatic carbocycles. The fourth-order valence-electron chi connectivity index (χ4n) is 3.80. The fraction of sp³-hybridized carbons (Fsp3) is 0.200. The van der Waals surface area contributed by atoms with Crippen molar-refractivity contribution in [2.45, 2.75) is 11.9 Å². The second kappa shape index (κ2) is 9.16. The van der Waals surface area contributed by atoms with Gasteiger partial charge in [-0.1, -0.05) is 0 Å². The van der Waals surface area contributed by atoms with Gasteiger partial charge in [-0.25, -0.2) is 0 Å². The van der Waals surface area contributed by atoms with Crippen molar-refractivity contribution in [2.24, 2.45) is 0 Å². The zero-order chi connectivity index (χ0) is 25.3. The van der Waals surface area contributed by atoms with Crippen molar-refractivity contribution in [1.29, 1.82) is 0 Å². The minimum atomic E-state index is -2.73. The molecular formula is C25H22O10. The summed E-state index contributed by atoms with van der Waals surface area (Å²) in [7, 11) is 2.81. The average molecular weight is 482 g/mol.